The molecule has 1 amide bonds. The normalized spacial score (nSPS) is 10.7. The van der Waals surface area contributed by atoms with Crippen molar-refractivity contribution >= 4 is 50.9 Å². The van der Waals surface area contributed by atoms with Crippen molar-refractivity contribution in [3.05, 3.63) is 33.5 Å². The second-order valence-corrected chi connectivity index (χ2v) is 6.39. The zero-order valence-corrected chi connectivity index (χ0v) is 14.3. The third-order valence-corrected chi connectivity index (χ3v) is 4.47. The maximum absolute atomic E-state index is 11.9. The second-order valence-electron chi connectivity index (χ2n) is 4.12. The fourth-order valence-corrected chi connectivity index (χ4v) is 3.01. The van der Waals surface area contributed by atoms with Crippen LogP contribution in [-0.2, 0) is 18.4 Å². The number of hydrogen-bond donors (Lipinski definition) is 2. The SMILES string of the molecule is Cn1c(CN)nnc1SCC(=O)Nc1ccc(Br)cc1Cl. The van der Waals surface area contributed by atoms with Crippen LogP contribution in [0, 0.1) is 0 Å². The van der Waals surface area contributed by atoms with Gasteiger partial charge < -0.3 is 15.6 Å². The highest BCUT2D eigenvalue weighted by Gasteiger charge is 2.11. The number of hydrogen-bond acceptors (Lipinski definition) is 5. The number of nitrogens with zero attached hydrogens (tertiary/aromatic N) is 3. The molecule has 0 saturated heterocycles. The van der Waals surface area contributed by atoms with Gasteiger partial charge in [0, 0.05) is 11.5 Å². The maximum Gasteiger partial charge on any atom is 0.234 e. The van der Waals surface area contributed by atoms with Crippen molar-refractivity contribution < 1.29 is 4.79 Å². The van der Waals surface area contributed by atoms with Gasteiger partial charge in [0.05, 0.1) is 23.0 Å². The highest BCUT2D eigenvalue weighted by atomic mass is 79.9. The third kappa shape index (κ3) is 4.19. The van der Waals surface area contributed by atoms with Gasteiger partial charge in [-0.25, -0.2) is 0 Å². The van der Waals surface area contributed by atoms with E-state index in [1.807, 2.05) is 13.1 Å². The molecule has 0 spiro atoms. The van der Waals surface area contributed by atoms with Gasteiger partial charge in [-0.1, -0.05) is 39.3 Å². The van der Waals surface area contributed by atoms with E-state index < -0.39 is 0 Å². The first-order valence-corrected chi connectivity index (χ1v) is 8.13. The number of halogens is 2. The first-order chi connectivity index (χ1) is 10.0. The summed E-state index contributed by atoms with van der Waals surface area (Å²) in [5.41, 5.74) is 6.10. The predicted octanol–water partition coefficient (Wildman–Crippen LogP) is 2.42. The summed E-state index contributed by atoms with van der Waals surface area (Å²) in [5.74, 6) is 0.721. The van der Waals surface area contributed by atoms with E-state index in [0.29, 0.717) is 28.2 Å². The quantitative estimate of drug-likeness (QED) is 0.766. The predicted molar refractivity (Wildman–Crippen MR) is 87.4 cm³/mol. The Hall–Kier alpha value is -1.09. The van der Waals surface area contributed by atoms with Crippen molar-refractivity contribution in [2.75, 3.05) is 11.1 Å². The third-order valence-electron chi connectivity index (χ3n) is 2.65. The molecule has 0 atom stereocenters. The number of aromatic nitrogens is 3. The summed E-state index contributed by atoms with van der Waals surface area (Å²) >= 11 is 10.6. The van der Waals surface area contributed by atoms with Crippen molar-refractivity contribution in [3.63, 3.8) is 0 Å². The molecule has 3 N–H and O–H groups in total. The summed E-state index contributed by atoms with van der Waals surface area (Å²) in [6.07, 6.45) is 0. The van der Waals surface area contributed by atoms with Gasteiger partial charge in [0.2, 0.25) is 5.91 Å². The Labute approximate surface area is 139 Å². The number of nitrogens with two attached hydrogens (primary N) is 1. The van der Waals surface area contributed by atoms with Gasteiger partial charge in [0.15, 0.2) is 5.16 Å². The molecule has 0 aliphatic rings. The van der Waals surface area contributed by atoms with Gasteiger partial charge in [-0.3, -0.25) is 4.79 Å². The molecule has 1 aromatic carbocycles. The van der Waals surface area contributed by atoms with Crippen LogP contribution in [0.25, 0.3) is 0 Å². The van der Waals surface area contributed by atoms with Crippen LogP contribution in [-0.4, -0.2) is 26.4 Å². The molecular formula is C12H13BrClN5OS. The number of benzene rings is 1. The molecule has 0 radical (unpaired) electrons. The Morgan fingerprint density at radius 1 is 1.52 bits per heavy atom. The van der Waals surface area contributed by atoms with Crippen LogP contribution in [0.2, 0.25) is 5.02 Å². The summed E-state index contributed by atoms with van der Waals surface area (Å²) in [4.78, 5) is 11.9. The van der Waals surface area contributed by atoms with Crippen molar-refractivity contribution in [2.45, 2.75) is 11.7 Å². The molecule has 2 rings (SSSR count). The Balaban J connectivity index is 1.94. The van der Waals surface area contributed by atoms with Crippen LogP contribution in [0.3, 0.4) is 0 Å². The molecule has 1 aromatic heterocycles. The average molecular weight is 391 g/mol. The highest BCUT2D eigenvalue weighted by Crippen LogP contribution is 2.26. The first kappa shape index (κ1) is 16.3. The van der Waals surface area contributed by atoms with E-state index in [4.69, 9.17) is 17.3 Å². The summed E-state index contributed by atoms with van der Waals surface area (Å²) in [6, 6.07) is 5.27. The molecule has 0 bridgehead atoms. The fourth-order valence-electron chi connectivity index (χ4n) is 1.56. The Kier molecular flexibility index (Phi) is 5.63. The van der Waals surface area contributed by atoms with Crippen molar-refractivity contribution in [1.82, 2.24) is 14.8 Å². The van der Waals surface area contributed by atoms with Crippen LogP contribution >= 0.6 is 39.3 Å². The topological polar surface area (TPSA) is 85.8 Å². The van der Waals surface area contributed by atoms with Gasteiger partial charge in [-0.05, 0) is 18.2 Å². The molecule has 6 nitrogen and oxygen atoms in total. The van der Waals surface area contributed by atoms with Crippen molar-refractivity contribution in [3.8, 4) is 0 Å². The molecule has 21 heavy (non-hydrogen) atoms. The van der Waals surface area contributed by atoms with E-state index in [9.17, 15) is 4.79 Å². The van der Waals surface area contributed by atoms with Crippen molar-refractivity contribution in [2.24, 2.45) is 12.8 Å². The lowest BCUT2D eigenvalue weighted by molar-refractivity contribution is -0.113. The first-order valence-electron chi connectivity index (χ1n) is 5.97. The highest BCUT2D eigenvalue weighted by molar-refractivity contribution is 9.10. The standard InChI is InChI=1S/C12H13BrClN5OS/c1-19-10(5-15)17-18-12(19)21-6-11(20)16-9-3-2-7(13)4-8(9)14/h2-4H,5-6,15H2,1H3,(H,16,20). The summed E-state index contributed by atoms with van der Waals surface area (Å²) < 4.78 is 2.62. The molecule has 0 saturated carbocycles. The lowest BCUT2D eigenvalue weighted by atomic mass is 10.3. The Bertz CT molecular complexity index is 663. The minimum Gasteiger partial charge on any atom is -0.324 e. The summed E-state index contributed by atoms with van der Waals surface area (Å²) in [6.45, 7) is 0.310. The van der Waals surface area contributed by atoms with Gasteiger partial charge in [-0.2, -0.15) is 0 Å². The molecule has 0 unspecified atom stereocenters. The van der Waals surface area contributed by atoms with Crippen LogP contribution in [0.1, 0.15) is 5.82 Å². The lowest BCUT2D eigenvalue weighted by Crippen LogP contribution is -2.15. The lowest BCUT2D eigenvalue weighted by Gasteiger charge is -2.07. The zero-order valence-electron chi connectivity index (χ0n) is 11.1. The van der Waals surface area contributed by atoms with Crippen LogP contribution in [0.4, 0.5) is 5.69 Å². The molecule has 9 heteroatoms. The Morgan fingerprint density at radius 3 is 2.90 bits per heavy atom. The number of carbonyl (C=O) groups excluding carboxylic acids is 1. The molecule has 112 valence electrons. The number of thioether (sulfide) groups is 1. The minimum atomic E-state index is -0.165. The maximum atomic E-state index is 11.9. The van der Waals surface area contributed by atoms with Gasteiger partial charge in [0.1, 0.15) is 5.82 Å². The zero-order chi connectivity index (χ0) is 15.4. The molecule has 0 aliphatic heterocycles. The van der Waals surface area contributed by atoms with Gasteiger partial charge in [-0.15, -0.1) is 10.2 Å². The smallest absolute Gasteiger partial charge is 0.234 e. The van der Waals surface area contributed by atoms with Crippen LogP contribution in [0.15, 0.2) is 27.8 Å². The van der Waals surface area contributed by atoms with Crippen LogP contribution in [0.5, 0.6) is 0 Å². The van der Waals surface area contributed by atoms with Crippen molar-refractivity contribution in [1.29, 1.82) is 0 Å². The minimum absolute atomic E-state index is 0.165. The number of anilines is 1. The van der Waals surface area contributed by atoms with E-state index in [1.165, 1.54) is 11.8 Å². The molecule has 0 aliphatic carbocycles. The van der Waals surface area contributed by atoms with Gasteiger partial charge >= 0.3 is 0 Å². The van der Waals surface area contributed by atoms with E-state index >= 15 is 0 Å². The average Bonchev–Trinajstić information content (AvgIpc) is 2.80. The molecule has 0 fully saturated rings. The van der Waals surface area contributed by atoms with E-state index in [-0.39, 0.29) is 11.7 Å². The largest absolute Gasteiger partial charge is 0.324 e. The fraction of sp³-hybridized carbons (Fsp3) is 0.250. The van der Waals surface area contributed by atoms with Gasteiger partial charge in [0.25, 0.3) is 0 Å². The monoisotopic (exact) mass is 389 g/mol. The number of nitrogens with one attached hydrogen (secondary N) is 1. The summed E-state index contributed by atoms with van der Waals surface area (Å²) in [5, 5.41) is 11.8. The second kappa shape index (κ2) is 7.26. The molecule has 1 heterocycles. The van der Waals surface area contributed by atoms with Crippen LogP contribution < -0.4 is 11.1 Å². The summed E-state index contributed by atoms with van der Waals surface area (Å²) in [7, 11) is 1.81. The molecular weight excluding hydrogens is 378 g/mol. The number of amides is 1. The Morgan fingerprint density at radius 2 is 2.29 bits per heavy atom. The number of rotatable bonds is 5. The van der Waals surface area contributed by atoms with E-state index in [0.717, 1.165) is 4.47 Å². The number of carbonyl (C=O) groups is 1. The molecule has 2 aromatic rings. The van der Waals surface area contributed by atoms with E-state index in [1.54, 1.807) is 16.7 Å². The van der Waals surface area contributed by atoms with E-state index in [2.05, 4.69) is 31.4 Å².